The van der Waals surface area contributed by atoms with Crippen LogP contribution in [0, 0.1) is 0 Å². The lowest BCUT2D eigenvalue weighted by Crippen LogP contribution is -1.93. The standard InChI is InChI=1S/C11H11BrN2O/c12-10-4-2-1-3-8(10)5-6-9-7-15-11(13)14-9/h1-4,7H,5-6H2,(H2,13,14). The summed E-state index contributed by atoms with van der Waals surface area (Å²) in [7, 11) is 0. The zero-order valence-electron chi connectivity index (χ0n) is 8.11. The first-order valence-electron chi connectivity index (χ1n) is 4.69. The SMILES string of the molecule is Nc1nc(CCc2ccccc2Br)co1. The molecule has 78 valence electrons. The van der Waals surface area contributed by atoms with E-state index in [0.29, 0.717) is 0 Å². The van der Waals surface area contributed by atoms with E-state index in [2.05, 4.69) is 27.0 Å². The molecule has 1 aromatic heterocycles. The van der Waals surface area contributed by atoms with Crippen LogP contribution >= 0.6 is 15.9 Å². The van der Waals surface area contributed by atoms with Crippen LogP contribution in [0.25, 0.3) is 0 Å². The van der Waals surface area contributed by atoms with Crippen molar-refractivity contribution in [2.24, 2.45) is 0 Å². The number of rotatable bonds is 3. The number of hydrogen-bond acceptors (Lipinski definition) is 3. The number of nitrogen functional groups attached to an aromatic ring is 1. The number of anilines is 1. The lowest BCUT2D eigenvalue weighted by Gasteiger charge is -2.01. The summed E-state index contributed by atoms with van der Waals surface area (Å²) in [4.78, 5) is 4.05. The quantitative estimate of drug-likeness (QED) is 0.930. The molecule has 1 aromatic carbocycles. The average Bonchev–Trinajstić information content (AvgIpc) is 2.63. The summed E-state index contributed by atoms with van der Waals surface area (Å²) < 4.78 is 6.06. The van der Waals surface area contributed by atoms with E-state index in [4.69, 9.17) is 10.2 Å². The molecule has 0 saturated heterocycles. The van der Waals surface area contributed by atoms with E-state index >= 15 is 0 Å². The van der Waals surface area contributed by atoms with Crippen LogP contribution in [0.3, 0.4) is 0 Å². The molecule has 2 aromatic rings. The largest absolute Gasteiger partial charge is 0.432 e. The van der Waals surface area contributed by atoms with Crippen LogP contribution in [-0.2, 0) is 12.8 Å². The molecule has 2 N–H and O–H groups in total. The smallest absolute Gasteiger partial charge is 0.292 e. The highest BCUT2D eigenvalue weighted by Crippen LogP contribution is 2.18. The first kappa shape index (κ1) is 10.2. The highest BCUT2D eigenvalue weighted by atomic mass is 79.9. The molecule has 0 aliphatic heterocycles. The van der Waals surface area contributed by atoms with E-state index in [1.165, 1.54) is 5.56 Å². The normalized spacial score (nSPS) is 10.5. The maximum atomic E-state index is 5.39. The highest BCUT2D eigenvalue weighted by molar-refractivity contribution is 9.10. The Morgan fingerprint density at radius 2 is 2.07 bits per heavy atom. The van der Waals surface area contributed by atoms with E-state index in [1.807, 2.05) is 18.2 Å². The van der Waals surface area contributed by atoms with Gasteiger partial charge in [-0.25, -0.2) is 0 Å². The van der Waals surface area contributed by atoms with Crippen molar-refractivity contribution in [1.82, 2.24) is 4.98 Å². The summed E-state index contributed by atoms with van der Waals surface area (Å²) in [6, 6.07) is 8.39. The number of nitrogens with two attached hydrogens (primary N) is 1. The third-order valence-corrected chi connectivity index (χ3v) is 2.95. The fourth-order valence-electron chi connectivity index (χ4n) is 1.40. The third-order valence-electron chi connectivity index (χ3n) is 2.18. The minimum atomic E-state index is 0.233. The van der Waals surface area contributed by atoms with Gasteiger partial charge >= 0.3 is 0 Å². The molecule has 0 unspecified atom stereocenters. The molecule has 0 saturated carbocycles. The zero-order chi connectivity index (χ0) is 10.7. The van der Waals surface area contributed by atoms with Gasteiger partial charge in [0.1, 0.15) is 6.26 Å². The van der Waals surface area contributed by atoms with Crippen molar-refractivity contribution < 1.29 is 4.42 Å². The van der Waals surface area contributed by atoms with Crippen molar-refractivity contribution >= 4 is 21.9 Å². The van der Waals surface area contributed by atoms with Crippen molar-refractivity contribution in [3.05, 3.63) is 46.3 Å². The number of aryl methyl sites for hydroxylation is 2. The van der Waals surface area contributed by atoms with E-state index in [-0.39, 0.29) is 6.01 Å². The molecule has 0 atom stereocenters. The van der Waals surface area contributed by atoms with Crippen LogP contribution in [0.4, 0.5) is 6.01 Å². The molecular weight excluding hydrogens is 256 g/mol. The molecular formula is C11H11BrN2O. The predicted octanol–water partition coefficient (Wildman–Crippen LogP) is 2.80. The first-order valence-corrected chi connectivity index (χ1v) is 5.48. The molecule has 4 heteroatoms. The van der Waals surface area contributed by atoms with Gasteiger partial charge in [0.2, 0.25) is 0 Å². The molecule has 1 heterocycles. The Hall–Kier alpha value is -1.29. The number of hydrogen-bond donors (Lipinski definition) is 1. The number of benzene rings is 1. The van der Waals surface area contributed by atoms with Crippen LogP contribution in [0.15, 0.2) is 39.4 Å². The van der Waals surface area contributed by atoms with E-state index < -0.39 is 0 Å². The highest BCUT2D eigenvalue weighted by Gasteiger charge is 2.03. The summed E-state index contributed by atoms with van der Waals surface area (Å²) in [5.74, 6) is 0. The number of aromatic nitrogens is 1. The second kappa shape index (κ2) is 4.49. The van der Waals surface area contributed by atoms with Crippen LogP contribution in [0.2, 0.25) is 0 Å². The monoisotopic (exact) mass is 266 g/mol. The van der Waals surface area contributed by atoms with Gasteiger partial charge in [-0.2, -0.15) is 4.98 Å². The van der Waals surface area contributed by atoms with E-state index in [0.717, 1.165) is 23.0 Å². The topological polar surface area (TPSA) is 52.0 Å². The summed E-state index contributed by atoms with van der Waals surface area (Å²) in [5, 5.41) is 0. The lowest BCUT2D eigenvalue weighted by molar-refractivity contribution is 0.578. The van der Waals surface area contributed by atoms with Crippen molar-refractivity contribution in [3.8, 4) is 0 Å². The minimum Gasteiger partial charge on any atom is -0.432 e. The van der Waals surface area contributed by atoms with Crippen molar-refractivity contribution in [3.63, 3.8) is 0 Å². The first-order chi connectivity index (χ1) is 7.25. The Balaban J connectivity index is 2.02. The lowest BCUT2D eigenvalue weighted by atomic mass is 10.1. The second-order valence-corrected chi connectivity index (χ2v) is 4.12. The molecule has 0 radical (unpaired) electrons. The molecule has 15 heavy (non-hydrogen) atoms. The minimum absolute atomic E-state index is 0.233. The summed E-state index contributed by atoms with van der Waals surface area (Å²) in [6.45, 7) is 0. The molecule has 0 bridgehead atoms. The predicted molar refractivity (Wildman–Crippen MR) is 62.5 cm³/mol. The zero-order valence-corrected chi connectivity index (χ0v) is 9.70. The fraction of sp³-hybridized carbons (Fsp3) is 0.182. The molecule has 0 aliphatic carbocycles. The van der Waals surface area contributed by atoms with Gasteiger partial charge in [-0.05, 0) is 24.5 Å². The molecule has 0 aliphatic rings. The van der Waals surface area contributed by atoms with E-state index in [9.17, 15) is 0 Å². The fourth-order valence-corrected chi connectivity index (χ4v) is 1.88. The molecule has 0 amide bonds. The maximum Gasteiger partial charge on any atom is 0.292 e. The summed E-state index contributed by atoms with van der Waals surface area (Å²) >= 11 is 3.51. The van der Waals surface area contributed by atoms with Crippen LogP contribution in [0.5, 0.6) is 0 Å². The number of oxazole rings is 1. The van der Waals surface area contributed by atoms with Gasteiger partial charge in [0, 0.05) is 4.47 Å². The van der Waals surface area contributed by atoms with Crippen molar-refractivity contribution in [2.45, 2.75) is 12.8 Å². The van der Waals surface area contributed by atoms with Gasteiger partial charge in [0.05, 0.1) is 5.69 Å². The van der Waals surface area contributed by atoms with Gasteiger partial charge in [-0.3, -0.25) is 0 Å². The average molecular weight is 267 g/mol. The van der Waals surface area contributed by atoms with Gasteiger partial charge in [0.15, 0.2) is 0 Å². The summed E-state index contributed by atoms with van der Waals surface area (Å²) in [6.07, 6.45) is 3.36. The maximum absolute atomic E-state index is 5.39. The second-order valence-electron chi connectivity index (χ2n) is 3.27. The number of halogens is 1. The van der Waals surface area contributed by atoms with Crippen LogP contribution in [0.1, 0.15) is 11.3 Å². The van der Waals surface area contributed by atoms with Crippen LogP contribution < -0.4 is 5.73 Å². The Bertz CT molecular complexity index is 453. The van der Waals surface area contributed by atoms with Crippen molar-refractivity contribution in [1.29, 1.82) is 0 Å². The molecule has 3 nitrogen and oxygen atoms in total. The Morgan fingerprint density at radius 1 is 1.27 bits per heavy atom. The Labute approximate surface area is 96.4 Å². The van der Waals surface area contributed by atoms with E-state index in [1.54, 1.807) is 6.26 Å². The summed E-state index contributed by atoms with van der Waals surface area (Å²) in [5.41, 5.74) is 7.55. The van der Waals surface area contributed by atoms with Gasteiger partial charge < -0.3 is 10.2 Å². The molecule has 2 rings (SSSR count). The van der Waals surface area contributed by atoms with Gasteiger partial charge in [-0.15, -0.1) is 0 Å². The number of nitrogens with zero attached hydrogens (tertiary/aromatic N) is 1. The van der Waals surface area contributed by atoms with Crippen LogP contribution in [-0.4, -0.2) is 4.98 Å². The van der Waals surface area contributed by atoms with Gasteiger partial charge in [-0.1, -0.05) is 34.1 Å². The Kier molecular flexibility index (Phi) is 3.06. The van der Waals surface area contributed by atoms with Gasteiger partial charge in [0.25, 0.3) is 6.01 Å². The molecule has 0 fully saturated rings. The van der Waals surface area contributed by atoms with Crippen molar-refractivity contribution in [2.75, 3.05) is 5.73 Å². The Morgan fingerprint density at radius 3 is 2.73 bits per heavy atom. The third kappa shape index (κ3) is 2.59. The molecule has 0 spiro atoms.